The monoisotopic (exact) mass is 459 g/mol. The van der Waals surface area contributed by atoms with E-state index in [4.69, 9.17) is 25.5 Å². The fourth-order valence-corrected chi connectivity index (χ4v) is 4.24. The predicted molar refractivity (Wildman–Crippen MR) is 122 cm³/mol. The van der Waals surface area contributed by atoms with Crippen LogP contribution in [-0.4, -0.2) is 29.7 Å². The number of para-hydroxylation sites is 1. The molecule has 1 aliphatic heterocycles. The molecule has 7 heteroatoms. The van der Waals surface area contributed by atoms with Gasteiger partial charge in [0.1, 0.15) is 23.5 Å². The van der Waals surface area contributed by atoms with Gasteiger partial charge in [0, 0.05) is 30.1 Å². The van der Waals surface area contributed by atoms with Gasteiger partial charge >= 0.3 is 6.09 Å². The van der Waals surface area contributed by atoms with Gasteiger partial charge in [0.2, 0.25) is 0 Å². The number of furan rings is 1. The summed E-state index contributed by atoms with van der Waals surface area (Å²) in [6.07, 6.45) is 1.39. The molecule has 4 rings (SSSR count). The topological polar surface area (TPSA) is 51.9 Å². The lowest BCUT2D eigenvalue weighted by molar-refractivity contribution is 0.0204. The Morgan fingerprint density at radius 1 is 1.19 bits per heavy atom. The molecule has 0 aliphatic carbocycles. The highest BCUT2D eigenvalue weighted by Crippen LogP contribution is 2.36. The molecular formula is C25H27ClFNO4. The molecule has 2 heterocycles. The van der Waals surface area contributed by atoms with Crippen molar-refractivity contribution in [3.05, 3.63) is 64.6 Å². The molecule has 0 N–H and O–H groups in total. The average molecular weight is 460 g/mol. The summed E-state index contributed by atoms with van der Waals surface area (Å²) in [7, 11) is 0. The molecule has 0 bridgehead atoms. The molecule has 3 aromatic rings. The Hall–Kier alpha value is -2.73. The molecule has 0 saturated carbocycles. The Balaban J connectivity index is 1.44. The summed E-state index contributed by atoms with van der Waals surface area (Å²) in [5, 5.41) is 0.974. The molecule has 0 unspecified atom stereocenters. The van der Waals surface area contributed by atoms with E-state index in [0.717, 1.165) is 29.7 Å². The molecule has 170 valence electrons. The van der Waals surface area contributed by atoms with E-state index in [-0.39, 0.29) is 18.6 Å². The van der Waals surface area contributed by atoms with Crippen molar-refractivity contribution in [2.75, 3.05) is 13.1 Å². The third-order valence-corrected chi connectivity index (χ3v) is 5.90. The summed E-state index contributed by atoms with van der Waals surface area (Å²) in [6, 6.07) is 12.0. The van der Waals surface area contributed by atoms with Crippen LogP contribution in [0.2, 0.25) is 5.02 Å². The van der Waals surface area contributed by atoms with Gasteiger partial charge in [0.15, 0.2) is 0 Å². The second-order valence-corrected chi connectivity index (χ2v) is 9.48. The van der Waals surface area contributed by atoms with Crippen molar-refractivity contribution >= 4 is 28.7 Å². The number of ether oxygens (including phenoxy) is 2. The molecule has 32 heavy (non-hydrogen) atoms. The summed E-state index contributed by atoms with van der Waals surface area (Å²) in [4.78, 5) is 14.1. The molecule has 1 fully saturated rings. The number of rotatable bonds is 4. The summed E-state index contributed by atoms with van der Waals surface area (Å²) in [5.74, 6) is 1.05. The van der Waals surface area contributed by atoms with E-state index in [1.807, 2.05) is 39.0 Å². The van der Waals surface area contributed by atoms with Crippen LogP contribution in [0, 0.1) is 6.01 Å². The number of carbonyl (C=O) groups excluding carboxylic acids is 1. The van der Waals surface area contributed by atoms with Crippen molar-refractivity contribution in [2.24, 2.45) is 0 Å². The second-order valence-electron chi connectivity index (χ2n) is 9.07. The van der Waals surface area contributed by atoms with Crippen LogP contribution in [0.4, 0.5) is 9.18 Å². The molecule has 1 aromatic heterocycles. The number of fused-ring (bicyclic) bond motifs is 1. The highest BCUT2D eigenvalue weighted by molar-refractivity contribution is 6.35. The molecule has 1 aliphatic rings. The average Bonchev–Trinajstić information content (AvgIpc) is 3.15. The van der Waals surface area contributed by atoms with Crippen LogP contribution in [0.25, 0.3) is 11.0 Å². The number of hydrogen-bond acceptors (Lipinski definition) is 4. The molecular weight excluding hydrogens is 433 g/mol. The van der Waals surface area contributed by atoms with Crippen molar-refractivity contribution in [2.45, 2.75) is 51.7 Å². The Morgan fingerprint density at radius 3 is 2.62 bits per heavy atom. The number of nitrogens with zero attached hydrogens (tertiary/aromatic N) is 1. The first-order valence-electron chi connectivity index (χ1n) is 10.8. The molecule has 0 radical (unpaired) electrons. The number of carbonyl (C=O) groups is 1. The Morgan fingerprint density at radius 2 is 1.91 bits per heavy atom. The van der Waals surface area contributed by atoms with E-state index in [1.54, 1.807) is 17.0 Å². The van der Waals surface area contributed by atoms with Gasteiger partial charge in [-0.2, -0.15) is 4.39 Å². The first kappa shape index (κ1) is 22.5. The summed E-state index contributed by atoms with van der Waals surface area (Å²) in [5.41, 5.74) is 1.73. The van der Waals surface area contributed by atoms with Crippen molar-refractivity contribution in [1.82, 2.24) is 4.90 Å². The van der Waals surface area contributed by atoms with Gasteiger partial charge in [-0.3, -0.25) is 0 Å². The quantitative estimate of drug-likeness (QED) is 0.425. The maximum atomic E-state index is 13.6. The minimum Gasteiger partial charge on any atom is -0.488 e. The van der Waals surface area contributed by atoms with Gasteiger partial charge < -0.3 is 18.8 Å². The highest BCUT2D eigenvalue weighted by Gasteiger charge is 2.28. The number of hydrogen-bond donors (Lipinski definition) is 0. The summed E-state index contributed by atoms with van der Waals surface area (Å²) < 4.78 is 30.5. The zero-order chi connectivity index (χ0) is 22.9. The lowest BCUT2D eigenvalue weighted by atomic mass is 9.89. The van der Waals surface area contributed by atoms with E-state index in [9.17, 15) is 9.18 Å². The molecule has 5 nitrogen and oxygen atoms in total. The zero-order valence-corrected chi connectivity index (χ0v) is 19.2. The van der Waals surface area contributed by atoms with Crippen molar-refractivity contribution in [3.8, 4) is 5.75 Å². The van der Waals surface area contributed by atoms with Gasteiger partial charge in [-0.1, -0.05) is 35.9 Å². The first-order chi connectivity index (χ1) is 15.2. The van der Waals surface area contributed by atoms with Crippen LogP contribution in [0.5, 0.6) is 5.75 Å². The Labute approximate surface area is 192 Å². The second kappa shape index (κ2) is 9.02. The molecule has 0 atom stereocenters. The maximum absolute atomic E-state index is 13.6. The summed E-state index contributed by atoms with van der Waals surface area (Å²) >= 11 is 6.15. The maximum Gasteiger partial charge on any atom is 0.410 e. The van der Waals surface area contributed by atoms with Crippen molar-refractivity contribution in [1.29, 1.82) is 0 Å². The highest BCUT2D eigenvalue weighted by atomic mass is 35.5. The van der Waals surface area contributed by atoms with Gasteiger partial charge in [0.25, 0.3) is 6.01 Å². The lowest BCUT2D eigenvalue weighted by Gasteiger charge is -2.34. The van der Waals surface area contributed by atoms with E-state index in [0.29, 0.717) is 29.1 Å². The minimum atomic E-state index is -0.675. The van der Waals surface area contributed by atoms with E-state index in [2.05, 4.69) is 6.07 Å². The molecule has 2 aromatic carbocycles. The Bertz CT molecular complexity index is 1110. The number of likely N-dealkylation sites (tertiary alicyclic amines) is 1. The van der Waals surface area contributed by atoms with Crippen molar-refractivity contribution < 1.29 is 23.1 Å². The van der Waals surface area contributed by atoms with Crippen LogP contribution < -0.4 is 4.74 Å². The molecule has 0 spiro atoms. The van der Waals surface area contributed by atoms with Gasteiger partial charge in [0.05, 0.1) is 5.02 Å². The van der Waals surface area contributed by atoms with Crippen LogP contribution in [0.3, 0.4) is 0 Å². The van der Waals surface area contributed by atoms with E-state index < -0.39 is 11.6 Å². The van der Waals surface area contributed by atoms with Crippen LogP contribution in [-0.2, 0) is 11.3 Å². The Kier molecular flexibility index (Phi) is 6.33. The fourth-order valence-electron chi connectivity index (χ4n) is 4.03. The smallest absolute Gasteiger partial charge is 0.410 e. The number of benzene rings is 2. The number of piperidine rings is 1. The largest absolute Gasteiger partial charge is 0.488 e. The van der Waals surface area contributed by atoms with Crippen LogP contribution in [0.15, 0.2) is 46.9 Å². The lowest BCUT2D eigenvalue weighted by Crippen LogP contribution is -2.41. The number of amides is 1. The van der Waals surface area contributed by atoms with E-state index in [1.165, 1.54) is 6.07 Å². The molecule has 1 saturated heterocycles. The van der Waals surface area contributed by atoms with Crippen LogP contribution in [0.1, 0.15) is 50.7 Å². The third-order valence-electron chi connectivity index (χ3n) is 5.57. The van der Waals surface area contributed by atoms with Gasteiger partial charge in [-0.05, 0) is 57.2 Å². The number of halogens is 2. The third kappa shape index (κ3) is 5.01. The van der Waals surface area contributed by atoms with Gasteiger partial charge in [-0.15, -0.1) is 0 Å². The standard InChI is InChI=1S/C25H27ClFNO4/c1-25(2,3)32-24(29)28-12-10-16(11-13-28)18-6-4-5-7-21(18)30-15-17-8-9-20(26)19-14-22(27)31-23(17)19/h4-9,14,16H,10-13,15H2,1-3H3. The van der Waals surface area contributed by atoms with Crippen LogP contribution >= 0.6 is 11.6 Å². The van der Waals surface area contributed by atoms with Gasteiger partial charge in [-0.25, -0.2) is 4.79 Å². The molecule has 1 amide bonds. The predicted octanol–water partition coefficient (Wildman–Crippen LogP) is 6.92. The van der Waals surface area contributed by atoms with Crippen molar-refractivity contribution in [3.63, 3.8) is 0 Å². The normalized spacial score (nSPS) is 15.2. The minimum absolute atomic E-state index is 0.231. The summed E-state index contributed by atoms with van der Waals surface area (Å²) in [6.45, 7) is 7.12. The fraction of sp³-hybridized carbons (Fsp3) is 0.400. The SMILES string of the molecule is CC(C)(C)OC(=O)N1CCC(c2ccccc2OCc2ccc(Cl)c3cc(F)oc23)CC1. The van der Waals surface area contributed by atoms with E-state index >= 15 is 0 Å². The zero-order valence-electron chi connectivity index (χ0n) is 18.5. The first-order valence-corrected chi connectivity index (χ1v) is 11.1.